The van der Waals surface area contributed by atoms with Crippen molar-refractivity contribution in [1.82, 2.24) is 19.9 Å². The van der Waals surface area contributed by atoms with E-state index in [1.807, 2.05) is 30.5 Å². The molecule has 3 rings (SSSR count). The average Bonchev–Trinajstić information content (AvgIpc) is 2.74. The Morgan fingerprint density at radius 1 is 0.941 bits per heavy atom. The summed E-state index contributed by atoms with van der Waals surface area (Å²) in [5.74, 6) is 0.727. The lowest BCUT2D eigenvalue weighted by atomic mass is 10.1. The molecule has 84 valence electrons. The van der Waals surface area contributed by atoms with E-state index in [1.165, 1.54) is 0 Å². The highest BCUT2D eigenvalue weighted by molar-refractivity contribution is 5.83. The lowest BCUT2D eigenvalue weighted by Crippen LogP contribution is -2.04. The number of nitrogens with zero attached hydrogens (tertiary/aromatic N) is 3. The number of nitrogen functional groups attached to an aromatic ring is 2. The molecule has 17 heavy (non-hydrogen) atoms. The minimum atomic E-state index is 0.124. The Morgan fingerprint density at radius 2 is 1.71 bits per heavy atom. The molecule has 0 atom stereocenters. The first-order chi connectivity index (χ1) is 8.22. The van der Waals surface area contributed by atoms with Gasteiger partial charge < -0.3 is 16.5 Å². The van der Waals surface area contributed by atoms with Crippen molar-refractivity contribution in [3.63, 3.8) is 0 Å². The minimum Gasteiger partial charge on any atom is -0.368 e. The summed E-state index contributed by atoms with van der Waals surface area (Å²) < 4.78 is 0. The second kappa shape index (κ2) is 3.44. The van der Waals surface area contributed by atoms with Gasteiger partial charge in [0.15, 0.2) is 5.82 Å². The maximum Gasteiger partial charge on any atom is 0.225 e. The third-order valence-electron chi connectivity index (χ3n) is 2.48. The Labute approximate surface area is 96.7 Å². The van der Waals surface area contributed by atoms with Gasteiger partial charge in [-0.05, 0) is 17.5 Å². The Morgan fingerprint density at radius 3 is 2.47 bits per heavy atom. The molecular formula is C11H10N6. The van der Waals surface area contributed by atoms with Crippen LogP contribution in [0.2, 0.25) is 0 Å². The van der Waals surface area contributed by atoms with Gasteiger partial charge in [0.25, 0.3) is 0 Å². The highest BCUT2D eigenvalue weighted by Crippen LogP contribution is 2.21. The van der Waals surface area contributed by atoms with Gasteiger partial charge in [-0.25, -0.2) is 0 Å². The maximum absolute atomic E-state index is 5.54. The van der Waals surface area contributed by atoms with Gasteiger partial charge in [-0.3, -0.25) is 0 Å². The molecule has 2 aromatic heterocycles. The average molecular weight is 226 g/mol. The quantitative estimate of drug-likeness (QED) is 0.577. The fourth-order valence-corrected chi connectivity index (χ4v) is 1.73. The fourth-order valence-electron chi connectivity index (χ4n) is 1.73. The van der Waals surface area contributed by atoms with Crippen LogP contribution in [0.25, 0.3) is 22.3 Å². The van der Waals surface area contributed by atoms with Crippen molar-refractivity contribution in [3.8, 4) is 11.4 Å². The number of fused-ring (bicyclic) bond motifs is 1. The number of nitrogens with one attached hydrogen (secondary N) is 1. The van der Waals surface area contributed by atoms with Crippen LogP contribution in [0.3, 0.4) is 0 Å². The minimum absolute atomic E-state index is 0.124. The van der Waals surface area contributed by atoms with Gasteiger partial charge in [0.2, 0.25) is 11.9 Å². The summed E-state index contributed by atoms with van der Waals surface area (Å²) in [7, 11) is 0. The molecule has 0 spiro atoms. The summed E-state index contributed by atoms with van der Waals surface area (Å²) >= 11 is 0. The van der Waals surface area contributed by atoms with Crippen molar-refractivity contribution in [2.24, 2.45) is 0 Å². The van der Waals surface area contributed by atoms with Crippen LogP contribution < -0.4 is 11.5 Å². The summed E-state index contributed by atoms with van der Waals surface area (Å²) in [6, 6.07) is 7.85. The zero-order valence-electron chi connectivity index (χ0n) is 8.88. The molecule has 0 amide bonds. The first-order valence-corrected chi connectivity index (χ1v) is 5.07. The molecule has 0 aliphatic heterocycles. The number of aromatic nitrogens is 4. The van der Waals surface area contributed by atoms with Gasteiger partial charge in [-0.1, -0.05) is 12.1 Å². The molecule has 6 heteroatoms. The molecule has 0 bridgehead atoms. The Kier molecular flexibility index (Phi) is 1.94. The number of benzene rings is 1. The van der Waals surface area contributed by atoms with Crippen LogP contribution in [0, 0.1) is 0 Å². The molecule has 2 heterocycles. The van der Waals surface area contributed by atoms with E-state index < -0.39 is 0 Å². The van der Waals surface area contributed by atoms with Crippen LogP contribution >= 0.6 is 0 Å². The number of rotatable bonds is 1. The predicted octanol–water partition coefficient (Wildman–Crippen LogP) is 1.18. The van der Waals surface area contributed by atoms with Gasteiger partial charge in [-0.2, -0.15) is 15.0 Å². The van der Waals surface area contributed by atoms with Crippen molar-refractivity contribution in [3.05, 3.63) is 30.5 Å². The monoisotopic (exact) mass is 226 g/mol. The predicted molar refractivity (Wildman–Crippen MR) is 65.9 cm³/mol. The summed E-state index contributed by atoms with van der Waals surface area (Å²) in [6.07, 6.45) is 1.88. The standard InChI is InChI=1S/C11H10N6/c12-10-15-9(16-11(13)17-10)7-2-1-6-3-4-14-8(6)5-7/h1-5,14H,(H4,12,13,15,16,17). The van der Waals surface area contributed by atoms with Gasteiger partial charge in [-0.15, -0.1) is 0 Å². The summed E-state index contributed by atoms with van der Waals surface area (Å²) in [6.45, 7) is 0. The normalized spacial score (nSPS) is 10.8. The van der Waals surface area contributed by atoms with Gasteiger partial charge in [0.05, 0.1) is 0 Å². The third kappa shape index (κ3) is 1.65. The van der Waals surface area contributed by atoms with Crippen molar-refractivity contribution >= 4 is 22.8 Å². The lowest BCUT2D eigenvalue weighted by molar-refractivity contribution is 1.09. The zero-order chi connectivity index (χ0) is 11.8. The largest absolute Gasteiger partial charge is 0.368 e. The molecule has 6 nitrogen and oxygen atoms in total. The van der Waals surface area contributed by atoms with Crippen LogP contribution in [-0.4, -0.2) is 19.9 Å². The van der Waals surface area contributed by atoms with E-state index in [2.05, 4.69) is 19.9 Å². The second-order valence-electron chi connectivity index (χ2n) is 3.66. The van der Waals surface area contributed by atoms with Crippen LogP contribution in [-0.2, 0) is 0 Å². The third-order valence-corrected chi connectivity index (χ3v) is 2.48. The number of anilines is 2. The van der Waals surface area contributed by atoms with Crippen LogP contribution in [0.5, 0.6) is 0 Å². The Bertz CT molecular complexity index is 667. The number of hydrogen-bond donors (Lipinski definition) is 3. The fraction of sp³-hybridized carbons (Fsp3) is 0. The van der Waals surface area contributed by atoms with E-state index in [0.29, 0.717) is 5.82 Å². The molecular weight excluding hydrogens is 216 g/mol. The molecule has 5 N–H and O–H groups in total. The molecule has 0 saturated heterocycles. The van der Waals surface area contributed by atoms with Gasteiger partial charge in [0.1, 0.15) is 0 Å². The van der Waals surface area contributed by atoms with Crippen molar-refractivity contribution in [2.45, 2.75) is 0 Å². The van der Waals surface area contributed by atoms with Crippen LogP contribution in [0.15, 0.2) is 30.5 Å². The molecule has 0 aliphatic rings. The van der Waals surface area contributed by atoms with Crippen LogP contribution in [0.1, 0.15) is 0 Å². The van der Waals surface area contributed by atoms with Crippen molar-refractivity contribution in [2.75, 3.05) is 11.5 Å². The molecule has 0 aliphatic carbocycles. The first-order valence-electron chi connectivity index (χ1n) is 5.07. The van der Waals surface area contributed by atoms with Crippen molar-refractivity contribution in [1.29, 1.82) is 0 Å². The van der Waals surface area contributed by atoms with Gasteiger partial charge in [0, 0.05) is 17.3 Å². The summed E-state index contributed by atoms with van der Waals surface area (Å²) in [4.78, 5) is 15.0. The molecule has 0 radical (unpaired) electrons. The molecule has 1 aromatic carbocycles. The van der Waals surface area contributed by atoms with E-state index in [4.69, 9.17) is 11.5 Å². The Hall–Kier alpha value is -2.63. The van der Waals surface area contributed by atoms with E-state index >= 15 is 0 Å². The number of aromatic amines is 1. The number of nitrogens with two attached hydrogens (primary N) is 2. The molecule has 0 saturated carbocycles. The van der Waals surface area contributed by atoms with E-state index in [9.17, 15) is 0 Å². The summed E-state index contributed by atoms with van der Waals surface area (Å²) in [5.41, 5.74) is 12.9. The second-order valence-corrected chi connectivity index (χ2v) is 3.66. The summed E-state index contributed by atoms with van der Waals surface area (Å²) in [5, 5.41) is 1.13. The topological polar surface area (TPSA) is 106 Å². The maximum atomic E-state index is 5.54. The Balaban J connectivity index is 2.19. The number of hydrogen-bond acceptors (Lipinski definition) is 5. The van der Waals surface area contributed by atoms with Crippen LogP contribution in [0.4, 0.5) is 11.9 Å². The molecule has 0 unspecified atom stereocenters. The molecule has 3 aromatic rings. The highest BCUT2D eigenvalue weighted by atomic mass is 15.1. The smallest absolute Gasteiger partial charge is 0.225 e. The lowest BCUT2D eigenvalue weighted by Gasteiger charge is -2.02. The first kappa shape index (κ1) is 9.59. The highest BCUT2D eigenvalue weighted by Gasteiger charge is 2.06. The van der Waals surface area contributed by atoms with E-state index in [0.717, 1.165) is 16.5 Å². The van der Waals surface area contributed by atoms with E-state index in [1.54, 1.807) is 0 Å². The number of H-pyrrole nitrogens is 1. The SMILES string of the molecule is Nc1nc(N)nc(-c2ccc3cc[nH]c3c2)n1. The van der Waals surface area contributed by atoms with E-state index in [-0.39, 0.29) is 11.9 Å². The van der Waals surface area contributed by atoms with Gasteiger partial charge >= 0.3 is 0 Å². The van der Waals surface area contributed by atoms with Crippen molar-refractivity contribution < 1.29 is 0 Å². The molecule has 0 fully saturated rings. The zero-order valence-corrected chi connectivity index (χ0v) is 8.88.